The molecule has 1 saturated carbocycles. The Bertz CT molecular complexity index is 221. The van der Waals surface area contributed by atoms with Crippen molar-refractivity contribution in [2.45, 2.75) is 19.3 Å². The van der Waals surface area contributed by atoms with Gasteiger partial charge in [-0.05, 0) is 30.8 Å². The molecule has 2 aliphatic carbocycles. The van der Waals surface area contributed by atoms with Gasteiger partial charge in [-0.25, -0.2) is 0 Å². The number of hydrogen-bond donors (Lipinski definition) is 2. The van der Waals surface area contributed by atoms with E-state index in [9.17, 15) is 0 Å². The largest absolute Gasteiger partial charge is 0.385 e. The summed E-state index contributed by atoms with van der Waals surface area (Å²) in [5.41, 5.74) is 13.7. The second-order valence-corrected chi connectivity index (χ2v) is 3.15. The van der Waals surface area contributed by atoms with Crippen LogP contribution in [0.2, 0.25) is 0 Å². The molecule has 0 aliphatic heterocycles. The van der Waals surface area contributed by atoms with Crippen LogP contribution in [0.25, 0.3) is 0 Å². The Hall–Kier alpha value is -0.920. The molecule has 1 fully saturated rings. The summed E-state index contributed by atoms with van der Waals surface area (Å²) in [7, 11) is 0. The van der Waals surface area contributed by atoms with Crippen molar-refractivity contribution in [1.82, 2.24) is 0 Å². The highest BCUT2D eigenvalue weighted by Gasteiger charge is 2.29. The lowest BCUT2D eigenvalue weighted by molar-refractivity contribution is 0.663. The molecule has 0 radical (unpaired) electrons. The third-order valence-electron chi connectivity index (χ3n) is 2.46. The molecule has 1 unspecified atom stereocenters. The summed E-state index contributed by atoms with van der Waals surface area (Å²) >= 11 is 0. The summed E-state index contributed by atoms with van der Waals surface area (Å²) in [6.07, 6.45) is 5.91. The maximum atomic E-state index is 5.50. The zero-order chi connectivity index (χ0) is 7.14. The van der Waals surface area contributed by atoms with E-state index in [-0.39, 0.29) is 0 Å². The Morgan fingerprint density at radius 2 is 2.30 bits per heavy atom. The van der Waals surface area contributed by atoms with Crippen LogP contribution in [0, 0.1) is 5.92 Å². The molecular weight excluding hydrogens is 124 g/mol. The zero-order valence-electron chi connectivity index (χ0n) is 5.93. The predicted molar refractivity (Wildman–Crippen MR) is 40.8 cm³/mol. The molecule has 2 bridgehead atoms. The summed E-state index contributed by atoms with van der Waals surface area (Å²) in [5.74, 6) is 1.19. The molecule has 2 nitrogen and oxygen atoms in total. The molecule has 0 aromatic carbocycles. The fourth-order valence-electron chi connectivity index (χ4n) is 1.93. The Labute approximate surface area is 60.6 Å². The van der Waals surface area contributed by atoms with Crippen molar-refractivity contribution in [2.24, 2.45) is 17.4 Å². The lowest BCUT2D eigenvalue weighted by Crippen LogP contribution is -2.14. The lowest BCUT2D eigenvalue weighted by atomic mass is 9.99. The summed E-state index contributed by atoms with van der Waals surface area (Å²) in [4.78, 5) is 0. The summed E-state index contributed by atoms with van der Waals surface area (Å²) < 4.78 is 0. The van der Waals surface area contributed by atoms with E-state index < -0.39 is 0 Å². The van der Waals surface area contributed by atoms with Gasteiger partial charge in [-0.2, -0.15) is 0 Å². The number of nitrogens with two attached hydrogens (primary N) is 2. The van der Waals surface area contributed by atoms with Gasteiger partial charge in [0.25, 0.3) is 0 Å². The van der Waals surface area contributed by atoms with E-state index in [0.29, 0.717) is 11.7 Å². The van der Waals surface area contributed by atoms with Gasteiger partial charge in [0, 0.05) is 0 Å². The van der Waals surface area contributed by atoms with Crippen molar-refractivity contribution in [3.8, 4) is 0 Å². The van der Waals surface area contributed by atoms with E-state index in [1.165, 1.54) is 30.4 Å². The fraction of sp³-hybridized carbons (Fsp3) is 0.500. The van der Waals surface area contributed by atoms with Crippen LogP contribution in [0.4, 0.5) is 0 Å². The van der Waals surface area contributed by atoms with Gasteiger partial charge in [0.2, 0.25) is 0 Å². The normalized spacial score (nSPS) is 29.0. The van der Waals surface area contributed by atoms with Crippen LogP contribution in [-0.2, 0) is 0 Å². The molecule has 2 rings (SSSR count). The first-order valence-electron chi connectivity index (χ1n) is 3.72. The third-order valence-corrected chi connectivity index (χ3v) is 2.46. The average Bonchev–Trinajstić information content (AvgIpc) is 2.44. The van der Waals surface area contributed by atoms with Crippen molar-refractivity contribution in [1.29, 1.82) is 0 Å². The highest BCUT2D eigenvalue weighted by Crippen LogP contribution is 2.43. The minimum atomic E-state index is 0.528. The monoisotopic (exact) mass is 136 g/mol. The molecule has 10 heavy (non-hydrogen) atoms. The summed E-state index contributed by atoms with van der Waals surface area (Å²) in [6, 6.07) is 0. The van der Waals surface area contributed by atoms with Crippen LogP contribution in [0.1, 0.15) is 19.3 Å². The maximum absolute atomic E-state index is 5.50. The van der Waals surface area contributed by atoms with Crippen molar-refractivity contribution in [3.05, 3.63) is 23.0 Å². The first-order chi connectivity index (χ1) is 4.77. The maximum Gasteiger partial charge on any atom is 0.0969 e. The van der Waals surface area contributed by atoms with Crippen LogP contribution in [0.3, 0.4) is 0 Å². The Kier molecular flexibility index (Phi) is 1.04. The first kappa shape index (κ1) is 5.83. The quantitative estimate of drug-likeness (QED) is 0.519. The average molecular weight is 136 g/mol. The molecule has 0 amide bonds. The Balaban J connectivity index is 2.39. The number of rotatable bonds is 0. The van der Waals surface area contributed by atoms with E-state index in [4.69, 9.17) is 11.5 Å². The summed E-state index contributed by atoms with van der Waals surface area (Å²) in [6.45, 7) is 0. The Morgan fingerprint density at radius 3 is 2.60 bits per heavy atom. The number of allylic oxidation sites excluding steroid dienone is 3. The van der Waals surface area contributed by atoms with Gasteiger partial charge in [-0.15, -0.1) is 0 Å². The molecule has 54 valence electrons. The van der Waals surface area contributed by atoms with E-state index >= 15 is 0 Å². The number of hydrogen-bond acceptors (Lipinski definition) is 2. The van der Waals surface area contributed by atoms with Crippen molar-refractivity contribution in [3.63, 3.8) is 0 Å². The number of fused-ring (bicyclic) bond motifs is 2. The molecule has 0 aromatic rings. The SMILES string of the molecule is NC(N)=C1C=C2CCC1C2. The van der Waals surface area contributed by atoms with Crippen LogP contribution in [0.5, 0.6) is 0 Å². The van der Waals surface area contributed by atoms with Crippen molar-refractivity contribution in [2.75, 3.05) is 0 Å². The van der Waals surface area contributed by atoms with Crippen LogP contribution in [0.15, 0.2) is 23.0 Å². The van der Waals surface area contributed by atoms with Crippen LogP contribution < -0.4 is 11.5 Å². The topological polar surface area (TPSA) is 52.0 Å². The van der Waals surface area contributed by atoms with E-state index in [1.807, 2.05) is 0 Å². The van der Waals surface area contributed by atoms with Crippen LogP contribution in [-0.4, -0.2) is 0 Å². The second-order valence-electron chi connectivity index (χ2n) is 3.15. The van der Waals surface area contributed by atoms with Crippen molar-refractivity contribution < 1.29 is 0 Å². The lowest BCUT2D eigenvalue weighted by Gasteiger charge is -2.09. The molecular formula is C8H12N2. The van der Waals surface area contributed by atoms with Gasteiger partial charge in [-0.1, -0.05) is 11.6 Å². The van der Waals surface area contributed by atoms with Gasteiger partial charge in [0.15, 0.2) is 0 Å². The smallest absolute Gasteiger partial charge is 0.0969 e. The zero-order valence-corrected chi connectivity index (χ0v) is 5.93. The second kappa shape index (κ2) is 1.78. The molecule has 4 N–H and O–H groups in total. The van der Waals surface area contributed by atoms with E-state index in [1.54, 1.807) is 0 Å². The van der Waals surface area contributed by atoms with Gasteiger partial charge in [0.05, 0.1) is 5.82 Å². The van der Waals surface area contributed by atoms with Gasteiger partial charge in [-0.3, -0.25) is 0 Å². The molecule has 0 heterocycles. The standard InChI is InChI=1S/C8H12N2/c9-8(10)7-4-5-1-2-6(7)3-5/h4,6H,1-3,9-10H2. The van der Waals surface area contributed by atoms with E-state index in [0.717, 1.165) is 0 Å². The molecule has 2 aliphatic rings. The van der Waals surface area contributed by atoms with Crippen molar-refractivity contribution >= 4 is 0 Å². The molecule has 0 aromatic heterocycles. The molecule has 0 spiro atoms. The molecule has 0 saturated heterocycles. The third kappa shape index (κ3) is 0.649. The van der Waals surface area contributed by atoms with E-state index in [2.05, 4.69) is 6.08 Å². The first-order valence-corrected chi connectivity index (χ1v) is 3.72. The fourth-order valence-corrected chi connectivity index (χ4v) is 1.93. The molecule has 2 heteroatoms. The van der Waals surface area contributed by atoms with Gasteiger partial charge < -0.3 is 11.5 Å². The molecule has 1 atom stereocenters. The minimum absolute atomic E-state index is 0.528. The predicted octanol–water partition coefficient (Wildman–Crippen LogP) is 0.856. The highest BCUT2D eigenvalue weighted by molar-refractivity contribution is 5.39. The minimum Gasteiger partial charge on any atom is -0.385 e. The van der Waals surface area contributed by atoms with Crippen LogP contribution >= 0.6 is 0 Å². The van der Waals surface area contributed by atoms with Gasteiger partial charge in [0.1, 0.15) is 0 Å². The Morgan fingerprint density at radius 1 is 1.50 bits per heavy atom. The highest BCUT2D eigenvalue weighted by atomic mass is 14.8. The van der Waals surface area contributed by atoms with Gasteiger partial charge >= 0.3 is 0 Å². The summed E-state index contributed by atoms with van der Waals surface area (Å²) in [5, 5.41) is 0.